The van der Waals surface area contributed by atoms with Crippen LogP contribution in [0.25, 0.3) is 0 Å². The van der Waals surface area contributed by atoms with E-state index >= 15 is 0 Å². The van der Waals surface area contributed by atoms with Gasteiger partial charge in [-0.1, -0.05) is 23.7 Å². The second-order valence-corrected chi connectivity index (χ2v) is 5.16. The van der Waals surface area contributed by atoms with Crippen molar-refractivity contribution in [3.05, 3.63) is 53.6 Å². The Balaban J connectivity index is 1.95. The van der Waals surface area contributed by atoms with Crippen LogP contribution < -0.4 is 15.4 Å². The Kier molecular flexibility index (Phi) is 6.17. The molecule has 0 aliphatic carbocycles. The van der Waals surface area contributed by atoms with Crippen LogP contribution in [0.5, 0.6) is 5.75 Å². The molecule has 2 amide bonds. The van der Waals surface area contributed by atoms with E-state index in [2.05, 4.69) is 10.6 Å². The number of ether oxygens (including phenoxy) is 1. The number of carbonyl (C=O) groups excluding carboxylic acids is 2. The van der Waals surface area contributed by atoms with Gasteiger partial charge in [-0.15, -0.1) is 0 Å². The van der Waals surface area contributed by atoms with Crippen molar-refractivity contribution < 1.29 is 14.3 Å². The first-order valence-corrected chi connectivity index (χ1v) is 7.40. The highest BCUT2D eigenvalue weighted by atomic mass is 35.5. The normalized spacial score (nSPS) is 9.67. The van der Waals surface area contributed by atoms with Crippen molar-refractivity contribution in [2.45, 2.75) is 6.42 Å². The Labute approximate surface area is 144 Å². The minimum atomic E-state index is -0.448. The molecule has 0 saturated heterocycles. The number of nitrogens with zero attached hydrogens (tertiary/aromatic N) is 1. The maximum Gasteiger partial charge on any atom is 0.262 e. The fraction of sp³-hybridized carbons (Fsp3) is 0.118. The zero-order valence-electron chi connectivity index (χ0n) is 12.6. The van der Waals surface area contributed by atoms with E-state index in [0.29, 0.717) is 22.1 Å². The fourth-order valence-electron chi connectivity index (χ4n) is 1.83. The zero-order chi connectivity index (χ0) is 17.4. The predicted octanol–water partition coefficient (Wildman–Crippen LogP) is 3.21. The number of carbonyl (C=O) groups is 2. The second kappa shape index (κ2) is 8.56. The number of benzene rings is 2. The van der Waals surface area contributed by atoms with Gasteiger partial charge in [0.15, 0.2) is 6.61 Å². The lowest BCUT2D eigenvalue weighted by Gasteiger charge is -2.12. The quantitative estimate of drug-likeness (QED) is 0.842. The molecule has 0 saturated carbocycles. The van der Waals surface area contributed by atoms with Crippen LogP contribution in [-0.2, 0) is 9.59 Å². The molecule has 2 aromatic rings. The number of hydrogen-bond donors (Lipinski definition) is 2. The molecule has 0 heterocycles. The van der Waals surface area contributed by atoms with Crippen LogP contribution in [0.3, 0.4) is 0 Å². The van der Waals surface area contributed by atoms with Crippen LogP contribution in [0.4, 0.5) is 11.4 Å². The third kappa shape index (κ3) is 5.30. The van der Waals surface area contributed by atoms with Gasteiger partial charge in [0.2, 0.25) is 5.91 Å². The molecule has 0 aliphatic rings. The molecule has 0 atom stereocenters. The van der Waals surface area contributed by atoms with E-state index in [1.54, 1.807) is 54.6 Å². The highest BCUT2D eigenvalue weighted by molar-refractivity contribution is 6.30. The van der Waals surface area contributed by atoms with Crippen molar-refractivity contribution in [2.24, 2.45) is 0 Å². The molecule has 0 fully saturated rings. The van der Waals surface area contributed by atoms with Gasteiger partial charge in [0.1, 0.15) is 12.2 Å². The van der Waals surface area contributed by atoms with E-state index in [-0.39, 0.29) is 18.9 Å². The second-order valence-electron chi connectivity index (χ2n) is 4.72. The summed E-state index contributed by atoms with van der Waals surface area (Å²) in [6.07, 6.45) is -0.262. The van der Waals surface area contributed by atoms with Crippen molar-refractivity contribution in [1.29, 1.82) is 5.26 Å². The molecule has 0 bridgehead atoms. The van der Waals surface area contributed by atoms with Crippen LogP contribution in [0, 0.1) is 11.3 Å². The smallest absolute Gasteiger partial charge is 0.262 e. The van der Waals surface area contributed by atoms with Crippen LogP contribution in [0.2, 0.25) is 5.02 Å². The summed E-state index contributed by atoms with van der Waals surface area (Å²) in [6.45, 7) is -0.192. The Morgan fingerprint density at radius 2 is 1.58 bits per heavy atom. The largest absolute Gasteiger partial charge is 0.484 e. The number of halogens is 1. The molecule has 2 rings (SSSR count). The van der Waals surface area contributed by atoms with Gasteiger partial charge >= 0.3 is 0 Å². The standard InChI is InChI=1S/C17H14ClN3O3/c18-12-5-7-13(8-6-12)24-11-17(23)21-15-4-2-1-3-14(15)20-16(22)9-10-19/h1-8H,9,11H2,(H,20,22)(H,21,23). The molecule has 0 aromatic heterocycles. The van der Waals surface area contributed by atoms with Crippen molar-refractivity contribution in [3.8, 4) is 11.8 Å². The highest BCUT2D eigenvalue weighted by Crippen LogP contribution is 2.21. The van der Waals surface area contributed by atoms with Gasteiger partial charge in [-0.05, 0) is 36.4 Å². The summed E-state index contributed by atoms with van der Waals surface area (Å²) in [5, 5.41) is 14.3. The predicted molar refractivity (Wildman–Crippen MR) is 90.9 cm³/mol. The average Bonchev–Trinajstić information content (AvgIpc) is 2.56. The molecule has 2 aromatic carbocycles. The van der Waals surface area contributed by atoms with Crippen molar-refractivity contribution in [3.63, 3.8) is 0 Å². The lowest BCUT2D eigenvalue weighted by molar-refractivity contribution is -0.118. The minimum absolute atomic E-state index is 0.192. The van der Waals surface area contributed by atoms with Gasteiger partial charge in [0, 0.05) is 5.02 Å². The Morgan fingerprint density at radius 1 is 1.00 bits per heavy atom. The topological polar surface area (TPSA) is 91.2 Å². The molecule has 0 unspecified atom stereocenters. The van der Waals surface area contributed by atoms with E-state index in [9.17, 15) is 9.59 Å². The van der Waals surface area contributed by atoms with Crippen molar-refractivity contribution in [2.75, 3.05) is 17.2 Å². The van der Waals surface area contributed by atoms with Crippen molar-refractivity contribution >= 4 is 34.8 Å². The molecule has 122 valence electrons. The Bertz CT molecular complexity index is 769. The lowest BCUT2D eigenvalue weighted by atomic mass is 10.2. The number of hydrogen-bond acceptors (Lipinski definition) is 4. The summed E-state index contributed by atoms with van der Waals surface area (Å²) in [6, 6.07) is 15.1. The molecule has 2 N–H and O–H groups in total. The number of nitriles is 1. The number of para-hydroxylation sites is 2. The molecule has 7 heteroatoms. The molecule has 0 aliphatic heterocycles. The minimum Gasteiger partial charge on any atom is -0.484 e. The molecular formula is C17H14ClN3O3. The number of nitrogens with one attached hydrogen (secondary N) is 2. The molecular weight excluding hydrogens is 330 g/mol. The van der Waals surface area contributed by atoms with E-state index in [4.69, 9.17) is 21.6 Å². The number of anilines is 2. The first-order chi connectivity index (χ1) is 11.6. The fourth-order valence-corrected chi connectivity index (χ4v) is 1.96. The summed E-state index contributed by atoms with van der Waals surface area (Å²) in [4.78, 5) is 23.5. The Morgan fingerprint density at radius 3 is 2.17 bits per heavy atom. The summed E-state index contributed by atoms with van der Waals surface area (Å²) in [5.74, 6) is -0.311. The first kappa shape index (κ1) is 17.3. The maximum absolute atomic E-state index is 12.0. The summed E-state index contributed by atoms with van der Waals surface area (Å²) < 4.78 is 5.35. The Hall–Kier alpha value is -3.04. The zero-order valence-corrected chi connectivity index (χ0v) is 13.3. The molecule has 0 radical (unpaired) electrons. The van der Waals surface area contributed by atoms with Crippen LogP contribution in [0.15, 0.2) is 48.5 Å². The van der Waals surface area contributed by atoms with Gasteiger partial charge in [0.05, 0.1) is 17.4 Å². The van der Waals surface area contributed by atoms with E-state index in [0.717, 1.165) is 0 Å². The molecule has 6 nitrogen and oxygen atoms in total. The summed E-state index contributed by atoms with van der Waals surface area (Å²) in [7, 11) is 0. The van der Waals surface area contributed by atoms with E-state index < -0.39 is 5.91 Å². The van der Waals surface area contributed by atoms with Crippen LogP contribution in [-0.4, -0.2) is 18.4 Å². The average molecular weight is 344 g/mol. The van der Waals surface area contributed by atoms with Gasteiger partial charge in [-0.3, -0.25) is 9.59 Å². The monoisotopic (exact) mass is 343 g/mol. The lowest BCUT2D eigenvalue weighted by Crippen LogP contribution is -2.21. The molecule has 24 heavy (non-hydrogen) atoms. The third-order valence-electron chi connectivity index (χ3n) is 2.90. The number of amides is 2. The van der Waals surface area contributed by atoms with Gasteiger partial charge in [-0.25, -0.2) is 0 Å². The van der Waals surface area contributed by atoms with Gasteiger partial charge in [0.25, 0.3) is 5.91 Å². The SMILES string of the molecule is N#CCC(=O)Nc1ccccc1NC(=O)COc1ccc(Cl)cc1. The summed E-state index contributed by atoms with van der Waals surface area (Å²) >= 11 is 5.77. The van der Waals surface area contributed by atoms with E-state index in [1.165, 1.54) is 0 Å². The third-order valence-corrected chi connectivity index (χ3v) is 3.15. The number of rotatable bonds is 6. The van der Waals surface area contributed by atoms with Gasteiger partial charge in [-0.2, -0.15) is 5.26 Å². The summed E-state index contributed by atoms with van der Waals surface area (Å²) in [5.41, 5.74) is 0.839. The first-order valence-electron chi connectivity index (χ1n) is 7.02. The van der Waals surface area contributed by atoms with E-state index in [1.807, 2.05) is 0 Å². The van der Waals surface area contributed by atoms with Crippen LogP contribution >= 0.6 is 11.6 Å². The van der Waals surface area contributed by atoms with Crippen LogP contribution in [0.1, 0.15) is 6.42 Å². The van der Waals surface area contributed by atoms with Crippen molar-refractivity contribution in [1.82, 2.24) is 0 Å². The van der Waals surface area contributed by atoms with Gasteiger partial charge < -0.3 is 15.4 Å². The highest BCUT2D eigenvalue weighted by Gasteiger charge is 2.09. The maximum atomic E-state index is 12.0. The molecule has 0 spiro atoms.